The van der Waals surface area contributed by atoms with E-state index in [1.807, 2.05) is 11.2 Å². The number of rotatable bonds is 5. The first-order valence-electron chi connectivity index (χ1n) is 8.99. The summed E-state index contributed by atoms with van der Waals surface area (Å²) in [5.74, 6) is 0.0275. The van der Waals surface area contributed by atoms with Crippen LogP contribution in [0.15, 0.2) is 41.8 Å². The molecule has 1 aliphatic rings. The number of piperidine rings is 1. The van der Waals surface area contributed by atoms with Gasteiger partial charge in [0, 0.05) is 25.5 Å². The first kappa shape index (κ1) is 18.9. The summed E-state index contributed by atoms with van der Waals surface area (Å²) >= 11 is 1.48. The molecular formula is C20H26N4OS. The molecule has 0 aliphatic carbocycles. The Hall–Kier alpha value is -1.92. The molecule has 0 N–H and O–H groups in total. The maximum absolute atomic E-state index is 13.0. The quantitative estimate of drug-likeness (QED) is 0.594. The van der Waals surface area contributed by atoms with Gasteiger partial charge >= 0.3 is 0 Å². The van der Waals surface area contributed by atoms with Crippen LogP contribution in [0, 0.1) is 0 Å². The van der Waals surface area contributed by atoms with Crippen LogP contribution in [0.4, 0.5) is 0 Å². The van der Waals surface area contributed by atoms with Crippen molar-refractivity contribution < 1.29 is 4.79 Å². The van der Waals surface area contributed by atoms with E-state index in [0.29, 0.717) is 10.7 Å². The third-order valence-corrected chi connectivity index (χ3v) is 5.26. The van der Waals surface area contributed by atoms with E-state index in [4.69, 9.17) is 0 Å². The van der Waals surface area contributed by atoms with E-state index in [9.17, 15) is 4.79 Å². The fourth-order valence-corrected chi connectivity index (χ4v) is 3.75. The topological polar surface area (TPSA) is 49.3 Å². The van der Waals surface area contributed by atoms with Gasteiger partial charge in [-0.1, -0.05) is 36.0 Å². The molecule has 1 atom stereocenters. The fourth-order valence-electron chi connectivity index (χ4n) is 3.43. The van der Waals surface area contributed by atoms with Gasteiger partial charge in [-0.15, -0.1) is 0 Å². The molecule has 3 rings (SSSR count). The molecule has 0 spiro atoms. The molecule has 5 nitrogen and oxygen atoms in total. The van der Waals surface area contributed by atoms with Crippen LogP contribution >= 0.6 is 11.8 Å². The third-order valence-electron chi connectivity index (χ3n) is 4.68. The average Bonchev–Trinajstić information content (AvgIpc) is 2.68. The lowest BCUT2D eigenvalue weighted by Crippen LogP contribution is -2.38. The lowest BCUT2D eigenvalue weighted by atomic mass is 9.94. The number of amides is 1. The van der Waals surface area contributed by atoms with Crippen molar-refractivity contribution in [2.45, 2.75) is 37.0 Å². The molecule has 0 saturated carbocycles. The summed E-state index contributed by atoms with van der Waals surface area (Å²) in [4.78, 5) is 25.7. The number of carbonyl (C=O) groups excluding carboxylic acids is 1. The van der Waals surface area contributed by atoms with Crippen LogP contribution in [-0.2, 0) is 6.54 Å². The molecule has 26 heavy (non-hydrogen) atoms. The highest BCUT2D eigenvalue weighted by Crippen LogP contribution is 2.32. The molecule has 0 unspecified atom stereocenters. The number of hydrogen-bond acceptors (Lipinski definition) is 5. The molecule has 138 valence electrons. The summed E-state index contributed by atoms with van der Waals surface area (Å²) < 4.78 is 0. The van der Waals surface area contributed by atoms with Crippen LogP contribution < -0.4 is 0 Å². The summed E-state index contributed by atoms with van der Waals surface area (Å²) in [6.45, 7) is 1.71. The van der Waals surface area contributed by atoms with E-state index in [1.54, 1.807) is 12.4 Å². The van der Waals surface area contributed by atoms with Gasteiger partial charge in [0.1, 0.15) is 0 Å². The van der Waals surface area contributed by atoms with Gasteiger partial charge in [0.15, 0.2) is 5.16 Å². The normalized spacial score (nSPS) is 17.5. The van der Waals surface area contributed by atoms with E-state index >= 15 is 0 Å². The Morgan fingerprint density at radius 2 is 1.88 bits per heavy atom. The first-order valence-corrected chi connectivity index (χ1v) is 10.2. The van der Waals surface area contributed by atoms with Crippen LogP contribution in [0.25, 0.3) is 0 Å². The Morgan fingerprint density at radius 1 is 1.19 bits per heavy atom. The summed E-state index contributed by atoms with van der Waals surface area (Å²) in [6, 6.07) is 8.81. The van der Waals surface area contributed by atoms with Crippen molar-refractivity contribution in [2.75, 3.05) is 26.9 Å². The van der Waals surface area contributed by atoms with Crippen molar-refractivity contribution in [1.82, 2.24) is 19.8 Å². The maximum Gasteiger partial charge on any atom is 0.257 e. The molecule has 0 bridgehead atoms. The first-order chi connectivity index (χ1) is 12.6. The van der Waals surface area contributed by atoms with E-state index in [2.05, 4.69) is 53.2 Å². The molecular weight excluding hydrogens is 344 g/mol. The largest absolute Gasteiger partial charge is 0.332 e. The van der Waals surface area contributed by atoms with Crippen molar-refractivity contribution in [3.8, 4) is 0 Å². The van der Waals surface area contributed by atoms with Gasteiger partial charge in [-0.25, -0.2) is 9.97 Å². The summed E-state index contributed by atoms with van der Waals surface area (Å²) in [6.07, 6.45) is 8.42. The number of aromatic nitrogens is 2. The second kappa shape index (κ2) is 8.64. The van der Waals surface area contributed by atoms with Crippen molar-refractivity contribution >= 4 is 17.7 Å². The van der Waals surface area contributed by atoms with Crippen LogP contribution in [0.3, 0.4) is 0 Å². The Labute approximate surface area is 159 Å². The molecule has 2 heterocycles. The Kier molecular flexibility index (Phi) is 6.27. The highest BCUT2D eigenvalue weighted by molar-refractivity contribution is 7.98. The lowest BCUT2D eigenvalue weighted by Gasteiger charge is -2.36. The van der Waals surface area contributed by atoms with Gasteiger partial charge in [-0.05, 0) is 50.7 Å². The summed E-state index contributed by atoms with van der Waals surface area (Å²) in [7, 11) is 4.14. The zero-order valence-corrected chi connectivity index (χ0v) is 16.5. The monoisotopic (exact) mass is 370 g/mol. The van der Waals surface area contributed by atoms with Crippen molar-refractivity contribution in [3.63, 3.8) is 0 Å². The second-order valence-electron chi connectivity index (χ2n) is 6.95. The molecule has 1 amide bonds. The van der Waals surface area contributed by atoms with Gasteiger partial charge < -0.3 is 9.80 Å². The minimum atomic E-state index is 0.0275. The van der Waals surface area contributed by atoms with Crippen LogP contribution in [0.1, 0.15) is 46.8 Å². The highest BCUT2D eigenvalue weighted by Gasteiger charge is 2.29. The van der Waals surface area contributed by atoms with Crippen LogP contribution in [0.2, 0.25) is 0 Å². The predicted molar refractivity (Wildman–Crippen MR) is 105 cm³/mol. The van der Waals surface area contributed by atoms with Gasteiger partial charge in [0.05, 0.1) is 11.6 Å². The maximum atomic E-state index is 13.0. The molecule has 1 aromatic carbocycles. The molecule has 0 radical (unpaired) electrons. The van der Waals surface area contributed by atoms with Gasteiger partial charge in [-0.3, -0.25) is 4.79 Å². The van der Waals surface area contributed by atoms with Gasteiger partial charge in [0.25, 0.3) is 5.91 Å². The molecule has 2 aromatic rings. The number of likely N-dealkylation sites (tertiary alicyclic amines) is 1. The standard InChI is InChI=1S/C20H26N4OS/c1-23(2)14-15-7-9-16(10-8-15)18-6-4-5-11-24(18)19(25)17-12-21-20(26-3)22-13-17/h7-10,12-13,18H,4-6,11,14H2,1-3H3/t18-/m1/s1. The molecule has 1 aliphatic heterocycles. The van der Waals surface area contributed by atoms with Crippen molar-refractivity contribution in [3.05, 3.63) is 53.3 Å². The smallest absolute Gasteiger partial charge is 0.257 e. The van der Waals surface area contributed by atoms with Crippen LogP contribution in [-0.4, -0.2) is 52.6 Å². The minimum Gasteiger partial charge on any atom is -0.332 e. The number of nitrogens with zero attached hydrogens (tertiary/aromatic N) is 4. The Balaban J connectivity index is 1.79. The average molecular weight is 371 g/mol. The highest BCUT2D eigenvalue weighted by atomic mass is 32.2. The van der Waals surface area contributed by atoms with Gasteiger partial charge in [-0.2, -0.15) is 0 Å². The Morgan fingerprint density at radius 3 is 2.50 bits per heavy atom. The lowest BCUT2D eigenvalue weighted by molar-refractivity contribution is 0.0610. The zero-order valence-electron chi connectivity index (χ0n) is 15.7. The molecule has 1 saturated heterocycles. The SMILES string of the molecule is CSc1ncc(C(=O)N2CCCC[C@@H]2c2ccc(CN(C)C)cc2)cn1. The third kappa shape index (κ3) is 4.43. The van der Waals surface area contributed by atoms with Gasteiger partial charge in [0.2, 0.25) is 0 Å². The predicted octanol–water partition coefficient (Wildman–Crippen LogP) is 3.63. The number of hydrogen-bond donors (Lipinski definition) is 0. The number of carbonyl (C=O) groups is 1. The Bertz CT molecular complexity index is 730. The van der Waals surface area contributed by atoms with E-state index < -0.39 is 0 Å². The van der Waals surface area contributed by atoms with Crippen molar-refractivity contribution in [2.24, 2.45) is 0 Å². The van der Waals surface area contributed by atoms with E-state index in [-0.39, 0.29) is 11.9 Å². The van der Waals surface area contributed by atoms with E-state index in [0.717, 1.165) is 32.4 Å². The van der Waals surface area contributed by atoms with Crippen molar-refractivity contribution in [1.29, 1.82) is 0 Å². The summed E-state index contributed by atoms with van der Waals surface area (Å²) in [5.41, 5.74) is 3.06. The second-order valence-corrected chi connectivity index (χ2v) is 7.72. The van der Waals surface area contributed by atoms with E-state index in [1.165, 1.54) is 22.9 Å². The fraction of sp³-hybridized carbons (Fsp3) is 0.450. The minimum absolute atomic E-state index is 0.0275. The number of thioether (sulfide) groups is 1. The molecule has 6 heteroatoms. The number of benzene rings is 1. The van der Waals surface area contributed by atoms with Crippen LogP contribution in [0.5, 0.6) is 0 Å². The zero-order chi connectivity index (χ0) is 18.5. The molecule has 1 aromatic heterocycles. The summed E-state index contributed by atoms with van der Waals surface area (Å²) in [5, 5.41) is 0.688. The molecule has 1 fully saturated rings.